The van der Waals surface area contributed by atoms with Gasteiger partial charge in [-0.25, -0.2) is 14.4 Å². The number of carbonyl (C=O) groups excluding carboxylic acids is 1. The van der Waals surface area contributed by atoms with Gasteiger partial charge in [-0.2, -0.15) is 0 Å². The lowest BCUT2D eigenvalue weighted by molar-refractivity contribution is -0.139. The van der Waals surface area contributed by atoms with Gasteiger partial charge in [-0.3, -0.25) is 19.3 Å². The fraction of sp³-hybridized carbons (Fsp3) is 0.562. The number of aryl methyl sites for hydroxylation is 1. The molecule has 0 aliphatic rings. The number of alkyl carbamates (subject to hydrolysis) is 1. The number of aliphatic carboxylic acids is 1. The molecule has 13 heteroatoms. The molecule has 1 heterocycles. The summed E-state index contributed by atoms with van der Waals surface area (Å²) in [5, 5.41) is 11.3. The molecule has 1 atom stereocenters. The molecular formula is C16H26N6O7. The van der Waals surface area contributed by atoms with Gasteiger partial charge >= 0.3 is 17.8 Å². The van der Waals surface area contributed by atoms with Crippen molar-refractivity contribution < 1.29 is 24.2 Å². The number of aromatic amines is 1. The number of carboxylic acid groups (broad SMARTS) is 1. The van der Waals surface area contributed by atoms with Gasteiger partial charge in [0.25, 0.3) is 5.56 Å². The zero-order chi connectivity index (χ0) is 21.8. The number of carbonyl (C=O) groups is 2. The van der Waals surface area contributed by atoms with E-state index in [9.17, 15) is 19.2 Å². The molecule has 29 heavy (non-hydrogen) atoms. The second-order valence-electron chi connectivity index (χ2n) is 6.00. The highest BCUT2D eigenvalue weighted by atomic mass is 16.6. The number of hydrogen-bond acceptors (Lipinski definition) is 7. The van der Waals surface area contributed by atoms with Gasteiger partial charge in [0, 0.05) is 18.3 Å². The summed E-state index contributed by atoms with van der Waals surface area (Å²) in [6, 6.07) is -1.13. The molecule has 0 saturated heterocycles. The minimum absolute atomic E-state index is 0.0483. The fourth-order valence-electron chi connectivity index (χ4n) is 2.19. The molecule has 0 saturated carbocycles. The predicted octanol–water partition coefficient (Wildman–Crippen LogP) is -1.91. The highest BCUT2D eigenvalue weighted by Crippen LogP contribution is 1.99. The number of nitrogens with one attached hydrogen (secondary N) is 2. The molecule has 1 amide bonds. The van der Waals surface area contributed by atoms with E-state index in [1.54, 1.807) is 6.92 Å². The molecule has 1 rings (SSSR count). The summed E-state index contributed by atoms with van der Waals surface area (Å²) in [4.78, 5) is 51.6. The van der Waals surface area contributed by atoms with Crippen LogP contribution in [0.3, 0.4) is 0 Å². The third-order valence-electron chi connectivity index (χ3n) is 3.66. The summed E-state index contributed by atoms with van der Waals surface area (Å²) in [7, 11) is 0. The highest BCUT2D eigenvalue weighted by Gasteiger charge is 2.20. The minimum Gasteiger partial charge on any atom is -0.480 e. The first-order valence-electron chi connectivity index (χ1n) is 8.80. The largest absolute Gasteiger partial charge is 0.480 e. The Hall–Kier alpha value is -3.35. The average molecular weight is 414 g/mol. The van der Waals surface area contributed by atoms with Gasteiger partial charge in [0.1, 0.15) is 12.6 Å². The lowest BCUT2D eigenvalue weighted by Gasteiger charge is -2.14. The molecule has 0 aliphatic carbocycles. The Labute approximate surface area is 165 Å². The van der Waals surface area contributed by atoms with E-state index < -0.39 is 29.4 Å². The number of hydrogen-bond donors (Lipinski definition) is 5. The van der Waals surface area contributed by atoms with Crippen LogP contribution in [0.4, 0.5) is 4.79 Å². The van der Waals surface area contributed by atoms with Crippen LogP contribution in [0.1, 0.15) is 18.4 Å². The molecule has 0 spiro atoms. The monoisotopic (exact) mass is 414 g/mol. The summed E-state index contributed by atoms with van der Waals surface area (Å²) in [6.45, 7) is 2.12. The third-order valence-corrected chi connectivity index (χ3v) is 3.66. The maximum atomic E-state index is 11.7. The van der Waals surface area contributed by atoms with Crippen molar-refractivity contribution >= 4 is 18.0 Å². The standard InChI is InChI=1S/C16H26N6O7/c1-10-9-22(15(26)21-12(10)23)5-6-28-7-8-29-16(27)20-11(13(24)25)3-2-4-19-14(17)18/h9,11H,2-8H2,1H3,(H,20,27)(H,24,25)(H4,17,18,19)(H,21,23,26). The van der Waals surface area contributed by atoms with E-state index >= 15 is 0 Å². The minimum atomic E-state index is -1.20. The van der Waals surface area contributed by atoms with E-state index in [-0.39, 0.29) is 45.3 Å². The second-order valence-corrected chi connectivity index (χ2v) is 6.00. The van der Waals surface area contributed by atoms with E-state index in [4.69, 9.17) is 26.0 Å². The normalized spacial score (nSPS) is 11.5. The van der Waals surface area contributed by atoms with Crippen molar-refractivity contribution in [1.82, 2.24) is 14.9 Å². The number of nitrogens with two attached hydrogens (primary N) is 2. The van der Waals surface area contributed by atoms with Crippen molar-refractivity contribution in [2.24, 2.45) is 16.5 Å². The highest BCUT2D eigenvalue weighted by molar-refractivity contribution is 5.79. The quantitative estimate of drug-likeness (QED) is 0.147. The van der Waals surface area contributed by atoms with Gasteiger partial charge < -0.3 is 31.4 Å². The van der Waals surface area contributed by atoms with Gasteiger partial charge in [0.2, 0.25) is 0 Å². The lowest BCUT2D eigenvalue weighted by Crippen LogP contribution is -2.41. The number of guanidine groups is 1. The van der Waals surface area contributed by atoms with Crippen LogP contribution in [0.5, 0.6) is 0 Å². The zero-order valence-corrected chi connectivity index (χ0v) is 16.1. The molecule has 0 bridgehead atoms. The Morgan fingerprint density at radius 3 is 2.69 bits per heavy atom. The van der Waals surface area contributed by atoms with Gasteiger partial charge in [0.05, 0.1) is 19.8 Å². The summed E-state index contributed by atoms with van der Waals surface area (Å²) in [5.74, 6) is -1.30. The van der Waals surface area contributed by atoms with Crippen molar-refractivity contribution in [2.45, 2.75) is 32.4 Å². The Morgan fingerprint density at radius 1 is 1.31 bits per heavy atom. The smallest absolute Gasteiger partial charge is 0.407 e. The molecule has 7 N–H and O–H groups in total. The zero-order valence-electron chi connectivity index (χ0n) is 16.1. The Bertz CT molecular complexity index is 828. The van der Waals surface area contributed by atoms with Crippen LogP contribution in [0, 0.1) is 6.92 Å². The molecular weight excluding hydrogens is 388 g/mol. The number of H-pyrrole nitrogens is 1. The van der Waals surface area contributed by atoms with Crippen LogP contribution < -0.4 is 28.0 Å². The Kier molecular flexibility index (Phi) is 9.95. The SMILES string of the molecule is Cc1cn(CCOCCOC(=O)NC(CCCN=C(N)N)C(=O)O)c(=O)[nH]c1=O. The molecule has 13 nitrogen and oxygen atoms in total. The first-order chi connectivity index (χ1) is 13.7. The Morgan fingerprint density at radius 2 is 2.03 bits per heavy atom. The number of ether oxygens (including phenoxy) is 2. The number of nitrogens with zero attached hydrogens (tertiary/aromatic N) is 2. The van der Waals surface area contributed by atoms with Crippen molar-refractivity contribution in [3.05, 3.63) is 32.6 Å². The van der Waals surface area contributed by atoms with E-state index in [1.807, 2.05) is 0 Å². The number of carboxylic acids is 1. The number of aromatic nitrogens is 2. The molecule has 0 aromatic carbocycles. The number of amides is 1. The van der Waals surface area contributed by atoms with Crippen LogP contribution in [-0.2, 0) is 20.8 Å². The molecule has 0 radical (unpaired) electrons. The summed E-state index contributed by atoms with van der Waals surface area (Å²) in [6.07, 6.45) is 1.02. The maximum Gasteiger partial charge on any atom is 0.407 e. The molecule has 162 valence electrons. The topological polar surface area (TPSA) is 204 Å². The van der Waals surface area contributed by atoms with Crippen LogP contribution in [0.25, 0.3) is 0 Å². The van der Waals surface area contributed by atoms with Gasteiger partial charge in [-0.15, -0.1) is 0 Å². The van der Waals surface area contributed by atoms with Crippen molar-refractivity contribution in [3.8, 4) is 0 Å². The summed E-state index contributed by atoms with van der Waals surface area (Å²) >= 11 is 0. The average Bonchev–Trinajstić information content (AvgIpc) is 2.64. The van der Waals surface area contributed by atoms with Gasteiger partial charge in [-0.05, 0) is 19.8 Å². The first-order valence-corrected chi connectivity index (χ1v) is 8.80. The van der Waals surface area contributed by atoms with E-state index in [0.29, 0.717) is 12.0 Å². The molecule has 1 unspecified atom stereocenters. The van der Waals surface area contributed by atoms with Gasteiger partial charge in [-0.1, -0.05) is 0 Å². The van der Waals surface area contributed by atoms with Crippen molar-refractivity contribution in [3.63, 3.8) is 0 Å². The number of rotatable bonds is 12. The summed E-state index contributed by atoms with van der Waals surface area (Å²) < 4.78 is 11.4. The van der Waals surface area contributed by atoms with Crippen molar-refractivity contribution in [1.29, 1.82) is 0 Å². The summed E-state index contributed by atoms with van der Waals surface area (Å²) in [5.41, 5.74) is 9.76. The van der Waals surface area contributed by atoms with E-state index in [1.165, 1.54) is 10.8 Å². The molecule has 1 aromatic rings. The number of aliphatic imine (C=N–C) groups is 1. The third kappa shape index (κ3) is 9.41. The van der Waals surface area contributed by atoms with Crippen LogP contribution in [-0.4, -0.2) is 65.1 Å². The fourth-order valence-corrected chi connectivity index (χ4v) is 2.19. The van der Waals surface area contributed by atoms with Crippen molar-refractivity contribution in [2.75, 3.05) is 26.4 Å². The van der Waals surface area contributed by atoms with E-state index in [0.717, 1.165) is 0 Å². The second kappa shape index (κ2) is 12.2. The van der Waals surface area contributed by atoms with Gasteiger partial charge in [0.15, 0.2) is 5.96 Å². The maximum absolute atomic E-state index is 11.7. The lowest BCUT2D eigenvalue weighted by atomic mass is 10.1. The molecule has 0 aliphatic heterocycles. The van der Waals surface area contributed by atoms with Crippen LogP contribution in [0.15, 0.2) is 20.8 Å². The first kappa shape index (κ1) is 23.7. The predicted molar refractivity (Wildman–Crippen MR) is 103 cm³/mol. The van der Waals surface area contributed by atoms with Crippen LogP contribution in [0.2, 0.25) is 0 Å². The Balaban J connectivity index is 2.26. The van der Waals surface area contributed by atoms with Crippen LogP contribution >= 0.6 is 0 Å². The van der Waals surface area contributed by atoms with E-state index in [2.05, 4.69) is 15.3 Å². The molecule has 0 fully saturated rings. The molecule has 1 aromatic heterocycles.